The standard InChI is InChI=1S/C23H33FN8O.ClH/c1-26-20-27-21(31-14-12-30(2)13-15-31)29-22(28-20)32(16-17-8-4-5-9-18(17)24)23(19(25)33)10-6-3-7-11-23;/h4-5,8-9H,3,6-7,10-16H2,1-2H3,(H2,25,33)(H,26,27,28,29);1H. The molecule has 2 fully saturated rings. The summed E-state index contributed by atoms with van der Waals surface area (Å²) in [5, 5.41) is 3.01. The van der Waals surface area contributed by atoms with Gasteiger partial charge in [0.25, 0.3) is 0 Å². The Labute approximate surface area is 206 Å². The summed E-state index contributed by atoms with van der Waals surface area (Å²) in [5.74, 6) is 0.535. The van der Waals surface area contributed by atoms with E-state index in [1.165, 1.54) is 6.07 Å². The zero-order valence-corrected chi connectivity index (χ0v) is 20.7. The number of aromatic nitrogens is 3. The summed E-state index contributed by atoms with van der Waals surface area (Å²) in [6.45, 7) is 3.53. The summed E-state index contributed by atoms with van der Waals surface area (Å²) in [4.78, 5) is 33.1. The summed E-state index contributed by atoms with van der Waals surface area (Å²) >= 11 is 0. The van der Waals surface area contributed by atoms with Crippen LogP contribution in [0.3, 0.4) is 0 Å². The van der Waals surface area contributed by atoms with Gasteiger partial charge in [0.15, 0.2) is 0 Å². The molecule has 4 rings (SSSR count). The molecule has 2 aromatic rings. The highest BCUT2D eigenvalue weighted by Crippen LogP contribution is 2.37. The number of carbonyl (C=O) groups excluding carboxylic acids is 1. The molecule has 1 saturated carbocycles. The van der Waals surface area contributed by atoms with Gasteiger partial charge in [-0.2, -0.15) is 15.0 Å². The van der Waals surface area contributed by atoms with Gasteiger partial charge in [0, 0.05) is 45.3 Å². The van der Waals surface area contributed by atoms with E-state index in [1.54, 1.807) is 25.2 Å². The van der Waals surface area contributed by atoms with Gasteiger partial charge in [0.05, 0.1) is 0 Å². The van der Waals surface area contributed by atoms with E-state index in [-0.39, 0.29) is 24.8 Å². The van der Waals surface area contributed by atoms with Crippen molar-refractivity contribution in [3.8, 4) is 0 Å². The topological polar surface area (TPSA) is 104 Å². The quantitative estimate of drug-likeness (QED) is 0.607. The number of carbonyl (C=O) groups is 1. The van der Waals surface area contributed by atoms with Crippen LogP contribution >= 0.6 is 12.4 Å². The van der Waals surface area contributed by atoms with Crippen LogP contribution in [-0.2, 0) is 11.3 Å². The van der Waals surface area contributed by atoms with Gasteiger partial charge >= 0.3 is 0 Å². The third-order valence-electron chi connectivity index (χ3n) is 6.81. The van der Waals surface area contributed by atoms with Gasteiger partial charge in [0.2, 0.25) is 23.8 Å². The number of nitrogens with one attached hydrogen (secondary N) is 1. The number of nitrogens with two attached hydrogens (primary N) is 1. The molecule has 1 aliphatic heterocycles. The molecular formula is C23H34ClFN8O. The summed E-state index contributed by atoms with van der Waals surface area (Å²) < 4.78 is 14.7. The highest BCUT2D eigenvalue weighted by Gasteiger charge is 2.45. The molecule has 0 radical (unpaired) electrons. The summed E-state index contributed by atoms with van der Waals surface area (Å²) in [6.07, 6.45) is 3.94. The van der Waals surface area contributed by atoms with Gasteiger partial charge in [-0.1, -0.05) is 37.5 Å². The number of nitrogens with zero attached hydrogens (tertiary/aromatic N) is 6. The zero-order valence-electron chi connectivity index (χ0n) is 19.8. The smallest absolute Gasteiger partial charge is 0.243 e. The second kappa shape index (κ2) is 11.1. The fourth-order valence-corrected chi connectivity index (χ4v) is 4.73. The number of hydrogen-bond donors (Lipinski definition) is 2. The van der Waals surface area contributed by atoms with E-state index < -0.39 is 11.4 Å². The lowest BCUT2D eigenvalue weighted by Crippen LogP contribution is -2.59. The third-order valence-corrected chi connectivity index (χ3v) is 6.81. The SMILES string of the molecule is CNc1nc(N2CCN(C)CC2)nc(N(Cc2ccccc2F)C2(C(N)=O)CCCCC2)n1.Cl. The Morgan fingerprint density at radius 2 is 1.79 bits per heavy atom. The molecule has 1 aromatic heterocycles. The van der Waals surface area contributed by atoms with Gasteiger partial charge < -0.3 is 25.8 Å². The highest BCUT2D eigenvalue weighted by molar-refractivity contribution is 5.88. The Morgan fingerprint density at radius 1 is 1.12 bits per heavy atom. The summed E-state index contributed by atoms with van der Waals surface area (Å²) in [7, 11) is 3.84. The van der Waals surface area contributed by atoms with Crippen LogP contribution in [0.5, 0.6) is 0 Å². The lowest BCUT2D eigenvalue weighted by Gasteiger charge is -2.44. The first-order valence-corrected chi connectivity index (χ1v) is 11.6. The monoisotopic (exact) mass is 492 g/mol. The molecule has 11 heteroatoms. The number of rotatable bonds is 7. The van der Waals surface area contributed by atoms with Gasteiger partial charge in [-0.05, 0) is 26.0 Å². The van der Waals surface area contributed by atoms with Crippen molar-refractivity contribution in [1.29, 1.82) is 0 Å². The molecular weight excluding hydrogens is 459 g/mol. The first kappa shape index (κ1) is 25.9. The number of primary amides is 1. The molecule has 0 spiro atoms. The Bertz CT molecular complexity index is 979. The Kier molecular flexibility index (Phi) is 8.48. The fraction of sp³-hybridized carbons (Fsp3) is 0.565. The van der Waals surface area contributed by atoms with Crippen LogP contribution in [0.15, 0.2) is 24.3 Å². The molecule has 34 heavy (non-hydrogen) atoms. The maximum atomic E-state index is 14.7. The predicted octanol–water partition coefficient (Wildman–Crippen LogP) is 2.42. The number of benzene rings is 1. The van der Waals surface area contributed by atoms with E-state index >= 15 is 0 Å². The van der Waals surface area contributed by atoms with Gasteiger partial charge in [-0.3, -0.25) is 4.79 Å². The van der Waals surface area contributed by atoms with Crippen molar-refractivity contribution in [3.05, 3.63) is 35.6 Å². The van der Waals surface area contributed by atoms with Crippen molar-refractivity contribution >= 4 is 36.2 Å². The molecule has 0 bridgehead atoms. The molecule has 0 atom stereocenters. The number of halogens is 2. The van der Waals surface area contributed by atoms with Crippen molar-refractivity contribution in [2.24, 2.45) is 5.73 Å². The molecule has 1 amide bonds. The molecule has 1 aliphatic carbocycles. The fourth-order valence-electron chi connectivity index (χ4n) is 4.73. The molecule has 2 heterocycles. The van der Waals surface area contributed by atoms with Crippen molar-refractivity contribution in [1.82, 2.24) is 19.9 Å². The Hall–Kier alpha value is -2.72. The molecule has 186 valence electrons. The van der Waals surface area contributed by atoms with E-state index in [0.29, 0.717) is 36.3 Å². The predicted molar refractivity (Wildman–Crippen MR) is 134 cm³/mol. The number of likely N-dealkylation sites (N-methyl/N-ethyl adjacent to an activating group) is 1. The van der Waals surface area contributed by atoms with Crippen molar-refractivity contribution in [2.75, 3.05) is 55.4 Å². The van der Waals surface area contributed by atoms with Gasteiger partial charge in [-0.15, -0.1) is 12.4 Å². The van der Waals surface area contributed by atoms with Crippen molar-refractivity contribution in [2.45, 2.75) is 44.2 Å². The lowest BCUT2D eigenvalue weighted by molar-refractivity contribution is -0.124. The van der Waals surface area contributed by atoms with E-state index in [2.05, 4.69) is 32.1 Å². The summed E-state index contributed by atoms with van der Waals surface area (Å²) in [5.41, 5.74) is 5.51. The number of amides is 1. The Balaban J connectivity index is 0.00000324. The maximum absolute atomic E-state index is 14.7. The van der Waals surface area contributed by atoms with E-state index in [9.17, 15) is 9.18 Å². The molecule has 0 unspecified atom stereocenters. The highest BCUT2D eigenvalue weighted by atomic mass is 35.5. The van der Waals surface area contributed by atoms with E-state index in [1.807, 2.05) is 4.90 Å². The van der Waals surface area contributed by atoms with Crippen LogP contribution in [0.1, 0.15) is 37.7 Å². The van der Waals surface area contributed by atoms with Crippen molar-refractivity contribution in [3.63, 3.8) is 0 Å². The van der Waals surface area contributed by atoms with Crippen LogP contribution in [0.25, 0.3) is 0 Å². The van der Waals surface area contributed by atoms with Crippen LogP contribution in [0.2, 0.25) is 0 Å². The molecule has 9 nitrogen and oxygen atoms in total. The van der Waals surface area contributed by atoms with E-state index in [0.717, 1.165) is 45.4 Å². The average molecular weight is 493 g/mol. The van der Waals surface area contributed by atoms with E-state index in [4.69, 9.17) is 10.7 Å². The van der Waals surface area contributed by atoms with Crippen molar-refractivity contribution < 1.29 is 9.18 Å². The zero-order chi connectivity index (χ0) is 23.4. The minimum Gasteiger partial charge on any atom is -0.368 e. The van der Waals surface area contributed by atoms with Crippen LogP contribution in [-0.4, -0.2) is 71.6 Å². The number of anilines is 3. The second-order valence-electron chi connectivity index (χ2n) is 8.93. The normalized spacial score (nSPS) is 18.1. The first-order valence-electron chi connectivity index (χ1n) is 11.6. The largest absolute Gasteiger partial charge is 0.368 e. The maximum Gasteiger partial charge on any atom is 0.243 e. The lowest BCUT2D eigenvalue weighted by atomic mass is 9.79. The van der Waals surface area contributed by atoms with Gasteiger partial charge in [-0.25, -0.2) is 4.39 Å². The number of piperazine rings is 1. The molecule has 3 N–H and O–H groups in total. The Morgan fingerprint density at radius 3 is 2.41 bits per heavy atom. The minimum absolute atomic E-state index is 0. The average Bonchev–Trinajstić information content (AvgIpc) is 2.84. The molecule has 2 aliphatic rings. The van der Waals surface area contributed by atoms with Crippen LogP contribution in [0.4, 0.5) is 22.2 Å². The third kappa shape index (κ3) is 5.33. The first-order chi connectivity index (χ1) is 15.9. The van der Waals surface area contributed by atoms with Crippen LogP contribution in [0, 0.1) is 5.82 Å². The number of hydrogen-bond acceptors (Lipinski definition) is 8. The second-order valence-corrected chi connectivity index (χ2v) is 8.93. The van der Waals surface area contributed by atoms with Crippen LogP contribution < -0.4 is 20.9 Å². The minimum atomic E-state index is -0.980. The molecule has 1 aromatic carbocycles. The molecule has 1 saturated heterocycles. The summed E-state index contributed by atoms with van der Waals surface area (Å²) in [6, 6.07) is 6.59. The van der Waals surface area contributed by atoms with Gasteiger partial charge in [0.1, 0.15) is 11.4 Å².